The number of aromatic nitrogens is 6. The Balaban J connectivity index is 1.20. The molecular formula is C23H17ClN6O2S3. The van der Waals surface area contributed by atoms with Crippen LogP contribution >= 0.6 is 46.5 Å². The average Bonchev–Trinajstić information content (AvgIpc) is 3.50. The van der Waals surface area contributed by atoms with Gasteiger partial charge in [-0.3, -0.25) is 9.59 Å². The van der Waals surface area contributed by atoms with Crippen molar-refractivity contribution in [1.29, 1.82) is 0 Å². The first-order valence-corrected chi connectivity index (χ1v) is 13.6. The molecular weight excluding hydrogens is 524 g/mol. The Kier molecular flexibility index (Phi) is 7.28. The second-order valence-corrected chi connectivity index (χ2v) is 11.1. The highest BCUT2D eigenvalue weighted by atomic mass is 35.5. The van der Waals surface area contributed by atoms with E-state index in [0.29, 0.717) is 26.2 Å². The molecule has 35 heavy (non-hydrogen) atoms. The maximum absolute atomic E-state index is 12.6. The van der Waals surface area contributed by atoms with Crippen molar-refractivity contribution >= 4 is 63.3 Å². The van der Waals surface area contributed by atoms with Gasteiger partial charge in [0.1, 0.15) is 16.2 Å². The van der Waals surface area contributed by atoms with Crippen molar-refractivity contribution in [3.8, 4) is 5.69 Å². The number of H-pyrrole nitrogens is 1. The molecule has 0 spiro atoms. The van der Waals surface area contributed by atoms with E-state index >= 15 is 0 Å². The van der Waals surface area contributed by atoms with Gasteiger partial charge in [-0.05, 0) is 29.8 Å². The lowest BCUT2D eigenvalue weighted by atomic mass is 10.2. The van der Waals surface area contributed by atoms with E-state index in [0.717, 1.165) is 21.3 Å². The number of carbonyl (C=O) groups excluding carboxylic acids is 1. The van der Waals surface area contributed by atoms with Gasteiger partial charge in [0, 0.05) is 10.8 Å². The zero-order valence-electron chi connectivity index (χ0n) is 18.1. The highest BCUT2D eigenvalue weighted by molar-refractivity contribution is 8.00. The van der Waals surface area contributed by atoms with Crippen LogP contribution < -0.4 is 5.56 Å². The lowest BCUT2D eigenvalue weighted by molar-refractivity contribution is -0.116. The third-order valence-electron chi connectivity index (χ3n) is 4.86. The average molecular weight is 541 g/mol. The number of Topliss-reactive ketones (excluding diaryl/α,β-unsaturated/α-hetero) is 1. The molecule has 0 radical (unpaired) electrons. The van der Waals surface area contributed by atoms with Gasteiger partial charge in [-0.1, -0.05) is 76.8 Å². The summed E-state index contributed by atoms with van der Waals surface area (Å²) in [6, 6.07) is 17.1. The second kappa shape index (κ2) is 10.7. The lowest BCUT2D eigenvalue weighted by Gasteiger charge is -2.04. The summed E-state index contributed by atoms with van der Waals surface area (Å²) in [4.78, 5) is 32.3. The van der Waals surface area contributed by atoms with Crippen LogP contribution in [0.4, 0.5) is 0 Å². The minimum absolute atomic E-state index is 0.0280. The fraction of sp³-hybridized carbons (Fsp3) is 0.130. The third-order valence-corrected chi connectivity index (χ3v) is 8.17. The number of thioether (sulfide) groups is 2. The van der Waals surface area contributed by atoms with Gasteiger partial charge in [0.05, 0.1) is 24.1 Å². The maximum Gasteiger partial charge on any atom is 0.262 e. The molecule has 0 unspecified atom stereocenters. The molecule has 3 heterocycles. The molecule has 5 aromatic rings. The molecule has 176 valence electrons. The molecule has 0 atom stereocenters. The molecule has 0 aliphatic carbocycles. The molecule has 8 nitrogen and oxygen atoms in total. The van der Waals surface area contributed by atoms with Crippen molar-refractivity contribution in [1.82, 2.24) is 29.9 Å². The van der Waals surface area contributed by atoms with Crippen molar-refractivity contribution in [2.24, 2.45) is 0 Å². The van der Waals surface area contributed by atoms with Crippen LogP contribution in [-0.2, 0) is 17.0 Å². The Morgan fingerprint density at radius 3 is 2.66 bits per heavy atom. The van der Waals surface area contributed by atoms with Gasteiger partial charge in [-0.15, -0.1) is 10.2 Å². The quantitative estimate of drug-likeness (QED) is 0.210. The summed E-state index contributed by atoms with van der Waals surface area (Å²) in [5.41, 5.74) is 2.09. The Bertz CT molecular complexity index is 1530. The number of fused-ring (bicyclic) bond motifs is 1. The Morgan fingerprint density at radius 1 is 1.06 bits per heavy atom. The first-order chi connectivity index (χ1) is 17.0. The molecule has 0 saturated carbocycles. The first kappa shape index (κ1) is 23.7. The molecule has 12 heteroatoms. The zero-order chi connectivity index (χ0) is 24.2. The number of halogens is 1. The van der Waals surface area contributed by atoms with Crippen LogP contribution in [0.25, 0.3) is 16.7 Å². The normalized spacial score (nSPS) is 11.2. The van der Waals surface area contributed by atoms with Gasteiger partial charge < -0.3 is 4.98 Å². The minimum atomic E-state index is -0.293. The molecule has 0 saturated heterocycles. The van der Waals surface area contributed by atoms with Gasteiger partial charge in [0.25, 0.3) is 5.56 Å². The minimum Gasteiger partial charge on any atom is -0.301 e. The van der Waals surface area contributed by atoms with Crippen LogP contribution in [0.3, 0.4) is 0 Å². The van der Waals surface area contributed by atoms with Crippen molar-refractivity contribution < 1.29 is 4.79 Å². The van der Waals surface area contributed by atoms with Crippen molar-refractivity contribution in [3.05, 3.63) is 86.7 Å². The van der Waals surface area contributed by atoms with E-state index in [2.05, 4.69) is 25.3 Å². The molecule has 1 N–H and O–H groups in total. The predicted octanol–water partition coefficient (Wildman–Crippen LogP) is 4.81. The summed E-state index contributed by atoms with van der Waals surface area (Å²) in [5, 5.41) is 14.7. The van der Waals surface area contributed by atoms with E-state index < -0.39 is 0 Å². The molecule has 0 fully saturated rings. The van der Waals surface area contributed by atoms with E-state index in [1.165, 1.54) is 29.3 Å². The first-order valence-electron chi connectivity index (χ1n) is 10.4. The van der Waals surface area contributed by atoms with Gasteiger partial charge >= 0.3 is 0 Å². The standard InChI is InChI=1S/C23H17ClN6O2S3/c24-15-8-6-14(7-9-15)12-34-23-29-28-19(35-23)10-17(31)13-33-22-26-20-18(21(32)27-22)11-25-30(20)16-4-2-1-3-5-16/h1-9,11H,10,12-13H2,(H,26,27,32). The van der Waals surface area contributed by atoms with Crippen LogP contribution in [0, 0.1) is 0 Å². The Labute approximate surface area is 217 Å². The lowest BCUT2D eigenvalue weighted by Crippen LogP contribution is -2.11. The van der Waals surface area contributed by atoms with Crippen molar-refractivity contribution in [2.75, 3.05) is 5.75 Å². The predicted molar refractivity (Wildman–Crippen MR) is 140 cm³/mol. The molecule has 2 aromatic carbocycles. The SMILES string of the molecule is O=C(CSc1nc2c(cnn2-c2ccccc2)c(=O)[nH]1)Cc1nnc(SCc2ccc(Cl)cc2)s1. The third kappa shape index (κ3) is 5.81. The van der Waals surface area contributed by atoms with E-state index in [1.807, 2.05) is 54.6 Å². The number of benzene rings is 2. The number of para-hydroxylation sites is 1. The van der Waals surface area contributed by atoms with Crippen molar-refractivity contribution in [2.45, 2.75) is 21.7 Å². The number of nitrogens with zero attached hydrogens (tertiary/aromatic N) is 5. The fourth-order valence-electron chi connectivity index (χ4n) is 3.19. The number of nitrogens with one attached hydrogen (secondary N) is 1. The summed E-state index contributed by atoms with van der Waals surface area (Å²) in [6.07, 6.45) is 1.67. The Hall–Kier alpha value is -2.99. The molecule has 0 bridgehead atoms. The molecule has 0 aliphatic rings. The van der Waals surface area contributed by atoms with Gasteiger partial charge in [-0.25, -0.2) is 9.67 Å². The molecule has 3 aromatic heterocycles. The van der Waals surface area contributed by atoms with Gasteiger partial charge in [-0.2, -0.15) is 5.10 Å². The smallest absolute Gasteiger partial charge is 0.262 e. The summed E-state index contributed by atoms with van der Waals surface area (Å²) in [6.45, 7) is 0. The fourth-order valence-corrected chi connectivity index (χ4v) is 5.91. The summed E-state index contributed by atoms with van der Waals surface area (Å²) in [7, 11) is 0. The number of hydrogen-bond donors (Lipinski definition) is 1. The maximum atomic E-state index is 12.6. The van der Waals surface area contributed by atoms with Crippen LogP contribution in [-0.4, -0.2) is 41.5 Å². The highest BCUT2D eigenvalue weighted by Crippen LogP contribution is 2.27. The highest BCUT2D eigenvalue weighted by Gasteiger charge is 2.14. The van der Waals surface area contributed by atoms with E-state index in [-0.39, 0.29) is 23.5 Å². The van der Waals surface area contributed by atoms with Gasteiger partial charge in [0.2, 0.25) is 0 Å². The van der Waals surface area contributed by atoms with Crippen LogP contribution in [0.2, 0.25) is 5.02 Å². The number of hydrogen-bond acceptors (Lipinski definition) is 9. The number of rotatable bonds is 9. The van der Waals surface area contributed by atoms with E-state index in [9.17, 15) is 9.59 Å². The summed E-state index contributed by atoms with van der Waals surface area (Å²) < 4.78 is 2.42. The van der Waals surface area contributed by atoms with E-state index in [1.54, 1.807) is 16.4 Å². The Morgan fingerprint density at radius 2 is 1.86 bits per heavy atom. The largest absolute Gasteiger partial charge is 0.301 e. The monoisotopic (exact) mass is 540 g/mol. The zero-order valence-corrected chi connectivity index (χ0v) is 21.3. The molecule has 0 amide bonds. The number of carbonyl (C=O) groups is 1. The van der Waals surface area contributed by atoms with Crippen LogP contribution in [0.5, 0.6) is 0 Å². The van der Waals surface area contributed by atoms with Gasteiger partial charge in [0.15, 0.2) is 15.1 Å². The summed E-state index contributed by atoms with van der Waals surface area (Å²) >= 11 is 10.1. The topological polar surface area (TPSA) is 106 Å². The molecule has 0 aliphatic heterocycles. The molecule has 5 rings (SSSR count). The number of ketones is 1. The van der Waals surface area contributed by atoms with Crippen LogP contribution in [0.1, 0.15) is 10.6 Å². The van der Waals surface area contributed by atoms with Crippen molar-refractivity contribution in [3.63, 3.8) is 0 Å². The number of aromatic amines is 1. The summed E-state index contributed by atoms with van der Waals surface area (Å²) in [5.74, 6) is 0.872. The van der Waals surface area contributed by atoms with E-state index in [4.69, 9.17) is 11.6 Å². The second-order valence-electron chi connectivity index (χ2n) is 7.38. The van der Waals surface area contributed by atoms with Crippen LogP contribution in [0.15, 0.2) is 75.1 Å².